The first kappa shape index (κ1) is 43.4. The number of hydrogen-bond donors (Lipinski definition) is 4. The number of allylic oxidation sites excluding steroid dienone is 1. The molecule has 1 aromatic rings. The normalized spacial score (nSPS) is 21.6. The van der Waals surface area contributed by atoms with E-state index in [4.69, 9.17) is 0 Å². The minimum atomic E-state index is -1.06. The van der Waals surface area contributed by atoms with Crippen LogP contribution in [0.15, 0.2) is 33.9 Å². The summed E-state index contributed by atoms with van der Waals surface area (Å²) in [7, 11) is 1.77. The van der Waals surface area contributed by atoms with Gasteiger partial charge < -0.3 is 31.1 Å². The number of ketones is 1. The molecule has 1 heterocycles. The molecule has 1 aromatic carbocycles. The van der Waals surface area contributed by atoms with E-state index in [1.165, 1.54) is 6.08 Å². The highest BCUT2D eigenvalue weighted by atomic mass is 16.2. The molecule has 13 nitrogen and oxygen atoms in total. The largest absolute Gasteiger partial charge is 0.369 e. The van der Waals surface area contributed by atoms with Crippen LogP contribution in [-0.4, -0.2) is 85.3 Å². The van der Waals surface area contributed by atoms with Crippen molar-refractivity contribution in [3.05, 3.63) is 50.3 Å². The molecule has 5 atom stereocenters. The minimum Gasteiger partial charge on any atom is -0.369 e. The number of likely N-dealkylation sites (tertiary alicyclic amines) is 1. The molecule has 0 aromatic heterocycles. The molecule has 2 aliphatic carbocycles. The number of anilines is 1. The third kappa shape index (κ3) is 10.1. The summed E-state index contributed by atoms with van der Waals surface area (Å²) in [6.45, 7) is 17.9. The van der Waals surface area contributed by atoms with Gasteiger partial charge in [0.05, 0.1) is 17.8 Å². The predicted molar refractivity (Wildman–Crippen MR) is 215 cm³/mol. The lowest BCUT2D eigenvalue weighted by Gasteiger charge is -2.38. The highest BCUT2D eigenvalue weighted by molar-refractivity contribution is 6.38. The smallest absolute Gasteiger partial charge is 0.315 e. The molecule has 1 unspecified atom stereocenters. The number of urea groups is 1. The molecule has 4 rings (SSSR count). The maximum Gasteiger partial charge on any atom is 0.315 e. The fourth-order valence-corrected chi connectivity index (χ4v) is 8.14. The Hall–Kier alpha value is -4.29. The molecule has 5 amide bonds. The van der Waals surface area contributed by atoms with Gasteiger partial charge >= 0.3 is 6.03 Å². The van der Waals surface area contributed by atoms with Crippen LogP contribution in [0, 0.1) is 17.3 Å². The number of Topliss-reactive ketones (excluding diaryl/α,β-unsaturated/α-hetero) is 1. The number of nitrogens with one attached hydrogen (secondary N) is 4. The first-order valence-electron chi connectivity index (χ1n) is 20.2. The lowest BCUT2D eigenvalue weighted by Crippen LogP contribution is -2.61. The maximum atomic E-state index is 14.8. The SMILES string of the molecule is C=CCNC(=O)C(=O)C(CCC)NC(=O)[C@@H]1C[C@@H](C(C)=CC)CN1C(=O)[C@@H](NC(=O)N[C@H](CN(C)c1c(C2(C)CC2)c(=O)c1=O)C(C)(C)C)C1CCCCC1. The summed E-state index contributed by atoms with van der Waals surface area (Å²) < 4.78 is 0. The highest BCUT2D eigenvalue weighted by Gasteiger charge is 2.48. The van der Waals surface area contributed by atoms with Gasteiger partial charge in [-0.3, -0.25) is 28.8 Å². The van der Waals surface area contributed by atoms with Gasteiger partial charge in [-0.2, -0.15) is 0 Å². The molecule has 304 valence electrons. The third-order valence-electron chi connectivity index (χ3n) is 12.2. The molecule has 55 heavy (non-hydrogen) atoms. The molecule has 0 radical (unpaired) electrons. The number of amides is 5. The Balaban J connectivity index is 1.57. The molecule has 3 fully saturated rings. The Labute approximate surface area is 326 Å². The van der Waals surface area contributed by atoms with Gasteiger partial charge in [0.1, 0.15) is 12.1 Å². The van der Waals surface area contributed by atoms with Crippen molar-refractivity contribution in [2.45, 2.75) is 142 Å². The quantitative estimate of drug-likeness (QED) is 0.137. The van der Waals surface area contributed by atoms with E-state index in [9.17, 15) is 33.6 Å². The number of carbonyl (C=O) groups is 5. The van der Waals surface area contributed by atoms with Crippen molar-refractivity contribution < 1.29 is 24.0 Å². The minimum absolute atomic E-state index is 0.110. The molecule has 2 saturated carbocycles. The summed E-state index contributed by atoms with van der Waals surface area (Å²) in [5, 5.41) is 11.4. The Morgan fingerprint density at radius 2 is 1.67 bits per heavy atom. The van der Waals surface area contributed by atoms with E-state index < -0.39 is 64.1 Å². The van der Waals surface area contributed by atoms with Crippen LogP contribution in [0.2, 0.25) is 0 Å². The summed E-state index contributed by atoms with van der Waals surface area (Å²) >= 11 is 0. The van der Waals surface area contributed by atoms with Gasteiger partial charge in [0.2, 0.25) is 28.5 Å². The zero-order valence-electron chi connectivity index (χ0n) is 34.3. The average molecular weight is 765 g/mol. The van der Waals surface area contributed by atoms with Crippen molar-refractivity contribution in [1.29, 1.82) is 0 Å². The maximum absolute atomic E-state index is 14.8. The van der Waals surface area contributed by atoms with E-state index in [-0.39, 0.29) is 49.2 Å². The molecule has 13 heteroatoms. The van der Waals surface area contributed by atoms with Gasteiger partial charge in [-0.1, -0.05) is 78.0 Å². The first-order chi connectivity index (χ1) is 25.9. The highest BCUT2D eigenvalue weighted by Crippen LogP contribution is 2.49. The molecule has 4 N–H and O–H groups in total. The van der Waals surface area contributed by atoms with Gasteiger partial charge in [-0.15, -0.1) is 6.58 Å². The zero-order chi connectivity index (χ0) is 40.8. The van der Waals surface area contributed by atoms with Crippen LogP contribution in [0.4, 0.5) is 10.5 Å². The number of rotatable bonds is 17. The van der Waals surface area contributed by atoms with Gasteiger partial charge in [-0.05, 0) is 75.0 Å². The molecule has 0 bridgehead atoms. The Kier molecular flexibility index (Phi) is 14.3. The number of hydrogen-bond acceptors (Lipinski definition) is 8. The van der Waals surface area contributed by atoms with Crippen molar-refractivity contribution in [2.75, 3.05) is 31.6 Å². The Bertz CT molecular complexity index is 1710. The third-order valence-corrected chi connectivity index (χ3v) is 12.2. The van der Waals surface area contributed by atoms with Gasteiger partial charge in [-0.25, -0.2) is 4.79 Å². The summed E-state index contributed by atoms with van der Waals surface area (Å²) in [5.74, 6) is -2.69. The van der Waals surface area contributed by atoms with Crippen molar-refractivity contribution in [2.24, 2.45) is 17.3 Å². The van der Waals surface area contributed by atoms with E-state index >= 15 is 0 Å². The summed E-state index contributed by atoms with van der Waals surface area (Å²) in [5.41, 5.74) is 0.375. The van der Waals surface area contributed by atoms with Crippen LogP contribution in [0.1, 0.15) is 118 Å². The molecule has 1 aliphatic heterocycles. The number of carbonyl (C=O) groups excluding carboxylic acids is 5. The fourth-order valence-electron chi connectivity index (χ4n) is 8.14. The summed E-state index contributed by atoms with van der Waals surface area (Å²) in [4.78, 5) is 97.2. The lowest BCUT2D eigenvalue weighted by molar-refractivity contribution is -0.143. The second-order valence-electron chi connectivity index (χ2n) is 17.4. The van der Waals surface area contributed by atoms with Crippen molar-refractivity contribution >= 4 is 35.2 Å². The fraction of sp³-hybridized carbons (Fsp3) is 0.690. The molecule has 3 aliphatic rings. The van der Waals surface area contributed by atoms with E-state index in [0.717, 1.165) is 50.5 Å². The zero-order valence-corrected chi connectivity index (χ0v) is 34.3. The van der Waals surface area contributed by atoms with Gasteiger partial charge in [0, 0.05) is 32.2 Å². The molecular weight excluding hydrogens is 700 g/mol. The molecule has 1 saturated heterocycles. The monoisotopic (exact) mass is 764 g/mol. The summed E-state index contributed by atoms with van der Waals surface area (Å²) in [6, 6.07) is -3.88. The second-order valence-corrected chi connectivity index (χ2v) is 17.4. The van der Waals surface area contributed by atoms with Crippen molar-refractivity contribution in [1.82, 2.24) is 26.2 Å². The summed E-state index contributed by atoms with van der Waals surface area (Å²) in [6.07, 6.45) is 10.6. The molecular formula is C42H64N6O7. The lowest BCUT2D eigenvalue weighted by atomic mass is 9.83. The average Bonchev–Trinajstić information content (AvgIpc) is 3.72. The van der Waals surface area contributed by atoms with Crippen LogP contribution in [0.3, 0.4) is 0 Å². The van der Waals surface area contributed by atoms with E-state index in [1.54, 1.807) is 16.8 Å². The van der Waals surface area contributed by atoms with Crippen LogP contribution in [0.25, 0.3) is 0 Å². The number of nitrogens with zero attached hydrogens (tertiary/aromatic N) is 2. The Morgan fingerprint density at radius 3 is 2.24 bits per heavy atom. The van der Waals surface area contributed by atoms with Crippen LogP contribution in [0.5, 0.6) is 0 Å². The van der Waals surface area contributed by atoms with E-state index in [2.05, 4.69) is 27.8 Å². The first-order valence-corrected chi connectivity index (χ1v) is 20.2. The number of likely N-dealkylation sites (N-methyl/N-ethyl adjacent to an activating group) is 1. The van der Waals surface area contributed by atoms with E-state index in [0.29, 0.717) is 24.1 Å². The van der Waals surface area contributed by atoms with E-state index in [1.807, 2.05) is 54.5 Å². The van der Waals surface area contributed by atoms with Gasteiger partial charge in [0.25, 0.3) is 5.91 Å². The van der Waals surface area contributed by atoms with Gasteiger partial charge in [0.15, 0.2) is 0 Å². The Morgan fingerprint density at radius 1 is 1.02 bits per heavy atom. The standard InChI is InChI=1S/C42H64N6O7/c1-10-16-28(34(49)38(53)43-21-11-2)44-37(52)29-22-27(25(4)12-3)23-48(29)39(54)32(26-17-14-13-15-18-26)46-40(55)45-30(41(5,6)7)24-47(9)33-31(35(50)36(33)51)42(8)19-20-42/h11-12,26-30,32H,2,10,13-24H2,1,3-9H3,(H,43,53)(H,44,52)(H2,45,46,55)/t27-,28?,29+,30-,32+/m1/s1. The van der Waals surface area contributed by atoms with Crippen molar-refractivity contribution in [3.8, 4) is 0 Å². The second kappa shape index (κ2) is 18.1. The predicted octanol–water partition coefficient (Wildman–Crippen LogP) is 3.77. The topological polar surface area (TPSA) is 174 Å². The van der Waals surface area contributed by atoms with Crippen LogP contribution < -0.4 is 37.0 Å². The van der Waals surface area contributed by atoms with Crippen LogP contribution >= 0.6 is 0 Å². The van der Waals surface area contributed by atoms with Crippen LogP contribution in [-0.2, 0) is 24.6 Å². The molecule has 0 spiro atoms. The van der Waals surface area contributed by atoms with Crippen molar-refractivity contribution in [3.63, 3.8) is 0 Å².